The molecule has 2 fully saturated rings. The Bertz CT molecular complexity index is 358. The minimum atomic E-state index is -1.04. The third kappa shape index (κ3) is 2.31. The van der Waals surface area contributed by atoms with Crippen molar-refractivity contribution in [2.24, 2.45) is 5.92 Å². The van der Waals surface area contributed by atoms with Gasteiger partial charge in [-0.1, -0.05) is 13.3 Å². The van der Waals surface area contributed by atoms with Crippen LogP contribution >= 0.6 is 0 Å². The Morgan fingerprint density at radius 1 is 1.44 bits per heavy atom. The number of carboxylic acids is 1. The molecular formula is C13H22N2O3. The summed E-state index contributed by atoms with van der Waals surface area (Å²) in [6, 6.07) is 0.0445. The average molecular weight is 254 g/mol. The summed E-state index contributed by atoms with van der Waals surface area (Å²) in [6.07, 6.45) is 4.39. The number of hydrogen-bond acceptors (Lipinski definition) is 2. The van der Waals surface area contributed by atoms with Crippen LogP contribution in [0.5, 0.6) is 0 Å². The number of amides is 2. The number of carboxylic acid groups (broad SMARTS) is 1. The van der Waals surface area contributed by atoms with E-state index in [9.17, 15) is 14.7 Å². The maximum atomic E-state index is 12.2. The number of likely N-dealkylation sites (tertiary alicyclic amines) is 1. The topological polar surface area (TPSA) is 69.6 Å². The van der Waals surface area contributed by atoms with E-state index in [1.165, 1.54) is 4.90 Å². The molecule has 2 N–H and O–H groups in total. The first-order valence-corrected chi connectivity index (χ1v) is 6.80. The number of nitrogens with zero attached hydrogens (tertiary/aromatic N) is 1. The van der Waals surface area contributed by atoms with E-state index in [1.807, 2.05) is 0 Å². The quantitative estimate of drug-likeness (QED) is 0.807. The molecule has 2 amide bonds. The predicted molar refractivity (Wildman–Crippen MR) is 67.3 cm³/mol. The number of rotatable bonds is 3. The molecule has 5 nitrogen and oxygen atoms in total. The van der Waals surface area contributed by atoms with Gasteiger partial charge in [-0.3, -0.25) is 0 Å². The molecule has 1 heterocycles. The first kappa shape index (κ1) is 13.2. The Morgan fingerprint density at radius 3 is 2.72 bits per heavy atom. The molecule has 0 spiro atoms. The zero-order valence-electron chi connectivity index (χ0n) is 11.1. The number of nitrogens with one attached hydrogen (secondary N) is 1. The van der Waals surface area contributed by atoms with Crippen LogP contribution in [0, 0.1) is 5.92 Å². The Balaban J connectivity index is 2.00. The first-order chi connectivity index (χ1) is 8.49. The standard InChI is InChI=1S/C13H22N2O3/c1-3-9-8-10(9)14-12(18)15-7-5-4-6-13(15,2)11(16)17/h9-10H,3-8H2,1-2H3,(H,14,18)(H,16,17). The van der Waals surface area contributed by atoms with Crippen LogP contribution in [-0.2, 0) is 4.79 Å². The van der Waals surface area contributed by atoms with Crippen LogP contribution in [-0.4, -0.2) is 40.1 Å². The van der Waals surface area contributed by atoms with Crippen LogP contribution in [0.25, 0.3) is 0 Å². The summed E-state index contributed by atoms with van der Waals surface area (Å²) in [5.41, 5.74) is -1.04. The fraction of sp³-hybridized carbons (Fsp3) is 0.846. The molecule has 3 unspecified atom stereocenters. The summed E-state index contributed by atoms with van der Waals surface area (Å²) in [5, 5.41) is 12.3. The van der Waals surface area contributed by atoms with Gasteiger partial charge < -0.3 is 15.3 Å². The number of carbonyl (C=O) groups is 2. The predicted octanol–water partition coefficient (Wildman–Crippen LogP) is 1.82. The third-order valence-corrected chi connectivity index (χ3v) is 4.35. The number of aliphatic carboxylic acids is 1. The SMILES string of the molecule is CCC1CC1NC(=O)N1CCCCC1(C)C(=O)O. The second-order valence-corrected chi connectivity index (χ2v) is 5.65. The van der Waals surface area contributed by atoms with Gasteiger partial charge in [0.05, 0.1) is 0 Å². The van der Waals surface area contributed by atoms with Crippen LogP contribution in [0.4, 0.5) is 4.79 Å². The summed E-state index contributed by atoms with van der Waals surface area (Å²) < 4.78 is 0. The highest BCUT2D eigenvalue weighted by Gasteiger charge is 2.46. The molecule has 3 atom stereocenters. The molecule has 0 radical (unpaired) electrons. The van der Waals surface area contributed by atoms with Gasteiger partial charge in [0.25, 0.3) is 0 Å². The lowest BCUT2D eigenvalue weighted by atomic mass is 9.89. The lowest BCUT2D eigenvalue weighted by Crippen LogP contribution is -2.60. The highest BCUT2D eigenvalue weighted by molar-refractivity contribution is 5.86. The van der Waals surface area contributed by atoms with Gasteiger partial charge in [-0.15, -0.1) is 0 Å². The minimum absolute atomic E-state index is 0.208. The van der Waals surface area contributed by atoms with Gasteiger partial charge >= 0.3 is 12.0 Å². The summed E-state index contributed by atoms with van der Waals surface area (Å²) >= 11 is 0. The van der Waals surface area contributed by atoms with Crippen molar-refractivity contribution in [1.82, 2.24) is 10.2 Å². The van der Waals surface area contributed by atoms with Crippen LogP contribution in [0.3, 0.4) is 0 Å². The molecule has 102 valence electrons. The fourth-order valence-electron chi connectivity index (χ4n) is 2.78. The number of piperidine rings is 1. The van der Waals surface area contributed by atoms with Crippen molar-refractivity contribution < 1.29 is 14.7 Å². The van der Waals surface area contributed by atoms with Crippen LogP contribution in [0.1, 0.15) is 46.0 Å². The van der Waals surface area contributed by atoms with E-state index in [1.54, 1.807) is 6.92 Å². The van der Waals surface area contributed by atoms with E-state index in [0.717, 1.165) is 25.7 Å². The monoisotopic (exact) mass is 254 g/mol. The van der Waals surface area contributed by atoms with Crippen molar-refractivity contribution in [2.75, 3.05) is 6.54 Å². The maximum Gasteiger partial charge on any atom is 0.329 e. The van der Waals surface area contributed by atoms with Crippen LogP contribution in [0.2, 0.25) is 0 Å². The molecule has 18 heavy (non-hydrogen) atoms. The van der Waals surface area contributed by atoms with Gasteiger partial charge in [-0.05, 0) is 38.5 Å². The van der Waals surface area contributed by atoms with Crippen molar-refractivity contribution in [3.8, 4) is 0 Å². The number of carbonyl (C=O) groups excluding carboxylic acids is 1. The van der Waals surface area contributed by atoms with Gasteiger partial charge in [0.1, 0.15) is 5.54 Å². The highest BCUT2D eigenvalue weighted by Crippen LogP contribution is 2.34. The number of urea groups is 1. The molecule has 2 aliphatic rings. The second kappa shape index (κ2) is 4.78. The summed E-state index contributed by atoms with van der Waals surface area (Å²) in [4.78, 5) is 25.1. The lowest BCUT2D eigenvalue weighted by Gasteiger charge is -2.41. The van der Waals surface area contributed by atoms with Crippen LogP contribution < -0.4 is 5.32 Å². The Hall–Kier alpha value is -1.26. The Labute approximate surface area is 108 Å². The maximum absolute atomic E-state index is 12.2. The third-order valence-electron chi connectivity index (χ3n) is 4.35. The zero-order chi connectivity index (χ0) is 13.3. The minimum Gasteiger partial charge on any atom is -0.480 e. The van der Waals surface area contributed by atoms with Crippen molar-refractivity contribution in [2.45, 2.75) is 57.5 Å². The molecule has 2 rings (SSSR count). The zero-order valence-corrected chi connectivity index (χ0v) is 11.1. The van der Waals surface area contributed by atoms with E-state index in [0.29, 0.717) is 18.9 Å². The smallest absolute Gasteiger partial charge is 0.329 e. The molecule has 1 aliphatic carbocycles. The van der Waals surface area contributed by atoms with Gasteiger partial charge in [0, 0.05) is 12.6 Å². The van der Waals surface area contributed by atoms with Crippen LogP contribution in [0.15, 0.2) is 0 Å². The normalized spacial score (nSPS) is 35.1. The first-order valence-electron chi connectivity index (χ1n) is 6.80. The van der Waals surface area contributed by atoms with E-state index < -0.39 is 11.5 Å². The molecule has 0 aromatic carbocycles. The summed E-state index contributed by atoms with van der Waals surface area (Å²) in [7, 11) is 0. The van der Waals surface area contributed by atoms with Crippen molar-refractivity contribution in [3.63, 3.8) is 0 Å². The molecule has 1 saturated carbocycles. The van der Waals surface area contributed by atoms with Gasteiger partial charge in [0.2, 0.25) is 0 Å². The van der Waals surface area contributed by atoms with Gasteiger partial charge in [0.15, 0.2) is 0 Å². The molecule has 1 saturated heterocycles. The van der Waals surface area contributed by atoms with Crippen molar-refractivity contribution in [3.05, 3.63) is 0 Å². The van der Waals surface area contributed by atoms with E-state index in [-0.39, 0.29) is 12.1 Å². The van der Waals surface area contributed by atoms with E-state index in [4.69, 9.17) is 0 Å². The van der Waals surface area contributed by atoms with Crippen molar-refractivity contribution in [1.29, 1.82) is 0 Å². The van der Waals surface area contributed by atoms with E-state index >= 15 is 0 Å². The van der Waals surface area contributed by atoms with Gasteiger partial charge in [-0.2, -0.15) is 0 Å². The highest BCUT2D eigenvalue weighted by atomic mass is 16.4. The molecule has 0 aromatic heterocycles. The summed E-state index contributed by atoms with van der Waals surface area (Å²) in [6.45, 7) is 4.30. The molecule has 0 bridgehead atoms. The molecule has 5 heteroatoms. The molecule has 1 aliphatic heterocycles. The Morgan fingerprint density at radius 2 is 2.17 bits per heavy atom. The largest absolute Gasteiger partial charge is 0.480 e. The molecule has 0 aromatic rings. The Kier molecular flexibility index (Phi) is 3.50. The summed E-state index contributed by atoms with van der Waals surface area (Å²) in [5.74, 6) is -0.324. The fourth-order valence-corrected chi connectivity index (χ4v) is 2.78. The van der Waals surface area contributed by atoms with Crippen molar-refractivity contribution >= 4 is 12.0 Å². The average Bonchev–Trinajstić information content (AvgIpc) is 3.07. The van der Waals surface area contributed by atoms with Gasteiger partial charge in [-0.25, -0.2) is 9.59 Å². The lowest BCUT2D eigenvalue weighted by molar-refractivity contribution is -0.150. The molecular weight excluding hydrogens is 232 g/mol. The number of hydrogen-bond donors (Lipinski definition) is 2. The van der Waals surface area contributed by atoms with E-state index in [2.05, 4.69) is 12.2 Å². The second-order valence-electron chi connectivity index (χ2n) is 5.65.